The standard InChI is InChI=1S/C23H23Cl2N3O3/c1-27-21(29)12-18(22(27)17-7-8-19(24)20(25)11-17)23(30)28(9-10-31-2)14-16-5-3-15(13-26)4-6-16/h3-8,11,18,22H,9-10,12,14H2,1-2H3. The number of amides is 2. The van der Waals surface area contributed by atoms with Crippen LogP contribution < -0.4 is 0 Å². The summed E-state index contributed by atoms with van der Waals surface area (Å²) in [7, 11) is 3.28. The minimum absolute atomic E-state index is 0.0977. The van der Waals surface area contributed by atoms with Crippen LogP contribution in [0.15, 0.2) is 42.5 Å². The van der Waals surface area contributed by atoms with E-state index in [0.29, 0.717) is 35.3 Å². The monoisotopic (exact) mass is 459 g/mol. The highest BCUT2D eigenvalue weighted by Crippen LogP contribution is 2.40. The Balaban J connectivity index is 1.88. The molecule has 1 aliphatic rings. The maximum atomic E-state index is 13.6. The van der Waals surface area contributed by atoms with Gasteiger partial charge in [0.15, 0.2) is 0 Å². The third-order valence-electron chi connectivity index (χ3n) is 5.52. The molecule has 2 aromatic rings. The molecule has 2 amide bonds. The first kappa shape index (κ1) is 23.1. The SMILES string of the molecule is COCCN(Cc1ccc(C#N)cc1)C(=O)C1CC(=O)N(C)C1c1ccc(Cl)c(Cl)c1. The molecule has 0 spiro atoms. The maximum absolute atomic E-state index is 13.6. The van der Waals surface area contributed by atoms with Gasteiger partial charge in [-0.3, -0.25) is 9.59 Å². The molecule has 1 saturated heterocycles. The van der Waals surface area contributed by atoms with E-state index in [1.165, 1.54) is 0 Å². The second kappa shape index (κ2) is 10.1. The number of rotatable bonds is 7. The Morgan fingerprint density at radius 2 is 1.94 bits per heavy atom. The van der Waals surface area contributed by atoms with E-state index in [4.69, 9.17) is 33.2 Å². The molecule has 0 radical (unpaired) electrons. The van der Waals surface area contributed by atoms with Gasteiger partial charge in [-0.05, 0) is 35.4 Å². The zero-order chi connectivity index (χ0) is 22.5. The molecule has 2 unspecified atom stereocenters. The van der Waals surface area contributed by atoms with Crippen molar-refractivity contribution in [3.8, 4) is 6.07 Å². The minimum Gasteiger partial charge on any atom is -0.383 e. The lowest BCUT2D eigenvalue weighted by atomic mass is 9.92. The lowest BCUT2D eigenvalue weighted by Gasteiger charge is -2.30. The summed E-state index contributed by atoms with van der Waals surface area (Å²) >= 11 is 12.2. The number of nitriles is 1. The van der Waals surface area contributed by atoms with Gasteiger partial charge in [0.05, 0.1) is 40.2 Å². The molecule has 0 saturated carbocycles. The van der Waals surface area contributed by atoms with E-state index in [1.54, 1.807) is 54.3 Å². The van der Waals surface area contributed by atoms with Crippen molar-refractivity contribution in [3.05, 3.63) is 69.2 Å². The molecule has 1 heterocycles. The van der Waals surface area contributed by atoms with Crippen LogP contribution in [0, 0.1) is 17.2 Å². The molecule has 3 rings (SSSR count). The number of halogens is 2. The molecule has 1 fully saturated rings. The summed E-state index contributed by atoms with van der Waals surface area (Å²) in [6.07, 6.45) is 0.122. The second-order valence-electron chi connectivity index (χ2n) is 7.49. The minimum atomic E-state index is -0.551. The van der Waals surface area contributed by atoms with Crippen molar-refractivity contribution in [2.45, 2.75) is 19.0 Å². The Kier molecular flexibility index (Phi) is 7.55. The number of hydrogen-bond donors (Lipinski definition) is 0. The van der Waals surface area contributed by atoms with E-state index in [1.807, 2.05) is 12.1 Å². The van der Waals surface area contributed by atoms with Crippen molar-refractivity contribution in [1.29, 1.82) is 5.26 Å². The van der Waals surface area contributed by atoms with Crippen molar-refractivity contribution in [1.82, 2.24) is 9.80 Å². The Bertz CT molecular complexity index is 1000. The van der Waals surface area contributed by atoms with Gasteiger partial charge in [-0.15, -0.1) is 0 Å². The first-order valence-corrected chi connectivity index (χ1v) is 10.6. The van der Waals surface area contributed by atoms with Crippen LogP contribution in [-0.4, -0.2) is 48.9 Å². The lowest BCUT2D eigenvalue weighted by Crippen LogP contribution is -2.40. The number of benzene rings is 2. The van der Waals surface area contributed by atoms with Crippen molar-refractivity contribution >= 4 is 35.0 Å². The average molecular weight is 460 g/mol. The fourth-order valence-corrected chi connectivity index (χ4v) is 4.16. The normalized spacial score (nSPS) is 18.2. The number of ether oxygens (including phenoxy) is 1. The highest BCUT2D eigenvalue weighted by atomic mass is 35.5. The van der Waals surface area contributed by atoms with Gasteiger partial charge in [0, 0.05) is 33.7 Å². The summed E-state index contributed by atoms with van der Waals surface area (Å²) in [4.78, 5) is 29.4. The fourth-order valence-electron chi connectivity index (χ4n) is 3.85. The molecule has 0 aromatic heterocycles. The van der Waals surface area contributed by atoms with Crippen LogP contribution in [0.2, 0.25) is 10.0 Å². The summed E-state index contributed by atoms with van der Waals surface area (Å²) in [5, 5.41) is 9.80. The molecular weight excluding hydrogens is 437 g/mol. The van der Waals surface area contributed by atoms with Crippen LogP contribution in [0.3, 0.4) is 0 Å². The molecule has 2 atom stereocenters. The van der Waals surface area contributed by atoms with Gasteiger partial charge >= 0.3 is 0 Å². The van der Waals surface area contributed by atoms with Gasteiger partial charge in [0.2, 0.25) is 11.8 Å². The van der Waals surface area contributed by atoms with Gasteiger partial charge in [-0.1, -0.05) is 41.4 Å². The molecule has 0 aliphatic carbocycles. The molecule has 0 bridgehead atoms. The Morgan fingerprint density at radius 1 is 1.23 bits per heavy atom. The largest absolute Gasteiger partial charge is 0.383 e. The predicted octanol–water partition coefficient (Wildman–Crippen LogP) is 4.06. The zero-order valence-electron chi connectivity index (χ0n) is 17.3. The van der Waals surface area contributed by atoms with Crippen molar-refractivity contribution in [2.75, 3.05) is 27.3 Å². The molecule has 2 aromatic carbocycles. The zero-order valence-corrected chi connectivity index (χ0v) is 18.9. The summed E-state index contributed by atoms with van der Waals surface area (Å²) in [5.41, 5.74) is 2.22. The van der Waals surface area contributed by atoms with Gasteiger partial charge in [0.1, 0.15) is 0 Å². The van der Waals surface area contributed by atoms with Gasteiger partial charge in [-0.2, -0.15) is 5.26 Å². The van der Waals surface area contributed by atoms with E-state index < -0.39 is 12.0 Å². The predicted molar refractivity (Wildman–Crippen MR) is 119 cm³/mol. The van der Waals surface area contributed by atoms with Crippen LogP contribution in [0.4, 0.5) is 0 Å². The van der Waals surface area contributed by atoms with Crippen LogP contribution in [0.1, 0.15) is 29.2 Å². The molecular formula is C23H23Cl2N3O3. The highest BCUT2D eigenvalue weighted by Gasteiger charge is 2.44. The highest BCUT2D eigenvalue weighted by molar-refractivity contribution is 6.42. The number of methoxy groups -OCH3 is 1. The smallest absolute Gasteiger partial charge is 0.229 e. The molecule has 6 nitrogen and oxygen atoms in total. The summed E-state index contributed by atoms with van der Waals surface area (Å²) in [6, 6.07) is 13.9. The van der Waals surface area contributed by atoms with Crippen LogP contribution >= 0.6 is 23.2 Å². The fraction of sp³-hybridized carbons (Fsp3) is 0.348. The number of hydrogen-bond acceptors (Lipinski definition) is 4. The summed E-state index contributed by atoms with van der Waals surface area (Å²) in [6.45, 7) is 1.12. The Morgan fingerprint density at radius 3 is 2.55 bits per heavy atom. The van der Waals surface area contributed by atoms with Crippen LogP contribution in [-0.2, 0) is 20.9 Å². The number of nitrogens with zero attached hydrogens (tertiary/aromatic N) is 3. The van der Waals surface area contributed by atoms with Crippen molar-refractivity contribution in [3.63, 3.8) is 0 Å². The molecule has 31 heavy (non-hydrogen) atoms. The van der Waals surface area contributed by atoms with Crippen molar-refractivity contribution in [2.24, 2.45) is 5.92 Å². The second-order valence-corrected chi connectivity index (χ2v) is 8.31. The molecule has 1 aliphatic heterocycles. The van der Waals surface area contributed by atoms with Gasteiger partial charge in [-0.25, -0.2) is 0 Å². The van der Waals surface area contributed by atoms with Crippen LogP contribution in [0.5, 0.6) is 0 Å². The number of carbonyl (C=O) groups is 2. The van der Waals surface area contributed by atoms with E-state index in [9.17, 15) is 9.59 Å². The lowest BCUT2D eigenvalue weighted by molar-refractivity contribution is -0.137. The summed E-state index contributed by atoms with van der Waals surface area (Å²) in [5.74, 6) is -0.778. The Hall–Kier alpha value is -2.59. The molecule has 162 valence electrons. The molecule has 0 N–H and O–H groups in total. The van der Waals surface area contributed by atoms with E-state index in [2.05, 4.69) is 6.07 Å². The first-order chi connectivity index (χ1) is 14.8. The van der Waals surface area contributed by atoms with Gasteiger partial charge in [0.25, 0.3) is 0 Å². The van der Waals surface area contributed by atoms with Gasteiger partial charge < -0.3 is 14.5 Å². The molecule has 8 heteroatoms. The van der Waals surface area contributed by atoms with Crippen molar-refractivity contribution < 1.29 is 14.3 Å². The average Bonchev–Trinajstić information content (AvgIpc) is 3.07. The van der Waals surface area contributed by atoms with Crippen LogP contribution in [0.25, 0.3) is 0 Å². The maximum Gasteiger partial charge on any atom is 0.229 e. The summed E-state index contributed by atoms with van der Waals surface area (Å²) < 4.78 is 5.20. The topological polar surface area (TPSA) is 73.6 Å². The third-order valence-corrected chi connectivity index (χ3v) is 6.26. The quantitative estimate of drug-likeness (QED) is 0.625. The Labute approximate surface area is 191 Å². The third kappa shape index (κ3) is 5.19. The first-order valence-electron chi connectivity index (χ1n) is 9.83. The number of likely N-dealkylation sites (tertiary alicyclic amines) is 1. The van der Waals surface area contributed by atoms with E-state index >= 15 is 0 Å². The van der Waals surface area contributed by atoms with E-state index in [0.717, 1.165) is 11.1 Å². The van der Waals surface area contributed by atoms with E-state index in [-0.39, 0.29) is 18.2 Å². The number of carbonyl (C=O) groups excluding carboxylic acids is 2.